The maximum atomic E-state index is 10.8. The molecule has 1 aliphatic carbocycles. The number of nitrogens with zero attached hydrogens (tertiary/aromatic N) is 1. The van der Waals surface area contributed by atoms with E-state index in [2.05, 4.69) is 10.2 Å². The van der Waals surface area contributed by atoms with E-state index in [0.717, 1.165) is 38.4 Å². The molecule has 0 amide bonds. The van der Waals surface area contributed by atoms with Crippen LogP contribution in [0.2, 0.25) is 0 Å². The lowest BCUT2D eigenvalue weighted by Gasteiger charge is -2.38. The number of carboxylic acids is 1. The Bertz CT molecular complexity index is 319. The molecule has 2 fully saturated rings. The highest BCUT2D eigenvalue weighted by molar-refractivity contribution is 5.66. The van der Waals surface area contributed by atoms with Crippen LogP contribution in [0.15, 0.2) is 0 Å². The van der Waals surface area contributed by atoms with Crippen LogP contribution in [0.5, 0.6) is 0 Å². The van der Waals surface area contributed by atoms with Crippen LogP contribution >= 0.6 is 0 Å². The Morgan fingerprint density at radius 2 is 1.95 bits per heavy atom. The number of rotatable bonds is 8. The summed E-state index contributed by atoms with van der Waals surface area (Å²) in [6.07, 6.45) is 7.52. The summed E-state index contributed by atoms with van der Waals surface area (Å²) in [5.41, 5.74) is 0. The van der Waals surface area contributed by atoms with E-state index in [-0.39, 0.29) is 13.0 Å². The number of aliphatic hydroxyl groups is 1. The molecule has 3 N–H and O–H groups in total. The monoisotopic (exact) mass is 298 g/mol. The molecule has 2 atom stereocenters. The Kier molecular flexibility index (Phi) is 6.93. The van der Waals surface area contributed by atoms with E-state index in [9.17, 15) is 4.79 Å². The highest BCUT2D eigenvalue weighted by Crippen LogP contribution is 2.25. The van der Waals surface area contributed by atoms with Gasteiger partial charge in [-0.05, 0) is 44.1 Å². The average Bonchev–Trinajstić information content (AvgIpc) is 2.96. The molecule has 2 rings (SSSR count). The summed E-state index contributed by atoms with van der Waals surface area (Å²) in [7, 11) is 0. The van der Waals surface area contributed by atoms with E-state index in [0.29, 0.717) is 18.5 Å². The van der Waals surface area contributed by atoms with Crippen LogP contribution in [0, 0.1) is 11.8 Å². The average molecular weight is 298 g/mol. The molecular weight excluding hydrogens is 268 g/mol. The zero-order valence-electron chi connectivity index (χ0n) is 13.0. The second kappa shape index (κ2) is 8.71. The summed E-state index contributed by atoms with van der Waals surface area (Å²) in [5, 5.41) is 21.7. The van der Waals surface area contributed by atoms with Crippen LogP contribution < -0.4 is 5.32 Å². The minimum absolute atomic E-state index is 0.182. The molecule has 5 nitrogen and oxygen atoms in total. The van der Waals surface area contributed by atoms with Crippen LogP contribution in [-0.4, -0.2) is 59.9 Å². The van der Waals surface area contributed by atoms with Gasteiger partial charge in [-0.15, -0.1) is 0 Å². The van der Waals surface area contributed by atoms with E-state index < -0.39 is 5.97 Å². The van der Waals surface area contributed by atoms with Crippen molar-refractivity contribution in [2.45, 2.75) is 51.0 Å². The molecule has 1 saturated heterocycles. The normalized spacial score (nSPS) is 28.0. The number of hydrogen-bond donors (Lipinski definition) is 3. The Morgan fingerprint density at radius 1 is 1.19 bits per heavy atom. The summed E-state index contributed by atoms with van der Waals surface area (Å²) >= 11 is 0. The van der Waals surface area contributed by atoms with Crippen molar-refractivity contribution in [3.8, 4) is 0 Å². The Balaban J connectivity index is 1.78. The Labute approximate surface area is 127 Å². The van der Waals surface area contributed by atoms with Crippen molar-refractivity contribution in [1.82, 2.24) is 10.2 Å². The number of carbonyl (C=O) groups is 1. The molecule has 0 bridgehead atoms. The number of carboxylic acid groups (broad SMARTS) is 1. The molecule has 21 heavy (non-hydrogen) atoms. The fourth-order valence-corrected chi connectivity index (χ4v) is 3.86. The predicted octanol–water partition coefficient (Wildman–Crippen LogP) is 1.31. The van der Waals surface area contributed by atoms with Crippen LogP contribution in [0.25, 0.3) is 0 Å². The van der Waals surface area contributed by atoms with E-state index in [1.54, 1.807) is 0 Å². The third kappa shape index (κ3) is 5.93. The molecule has 2 aliphatic rings. The molecule has 0 aromatic carbocycles. The molecule has 0 spiro atoms. The lowest BCUT2D eigenvalue weighted by atomic mass is 9.90. The van der Waals surface area contributed by atoms with E-state index >= 15 is 0 Å². The molecule has 5 heteroatoms. The first kappa shape index (κ1) is 16.7. The topological polar surface area (TPSA) is 72.8 Å². The molecule has 1 saturated carbocycles. The minimum Gasteiger partial charge on any atom is -0.481 e. The van der Waals surface area contributed by atoms with E-state index in [1.165, 1.54) is 25.7 Å². The van der Waals surface area contributed by atoms with Crippen molar-refractivity contribution in [3.63, 3.8) is 0 Å². The number of hydrogen-bond acceptors (Lipinski definition) is 4. The summed E-state index contributed by atoms with van der Waals surface area (Å²) in [5.74, 6) is 0.558. The van der Waals surface area contributed by atoms with Gasteiger partial charge in [-0.1, -0.05) is 12.8 Å². The summed E-state index contributed by atoms with van der Waals surface area (Å²) in [4.78, 5) is 13.0. The largest absolute Gasteiger partial charge is 0.481 e. The zero-order chi connectivity index (χ0) is 15.1. The maximum absolute atomic E-state index is 10.8. The van der Waals surface area contributed by atoms with Crippen molar-refractivity contribution in [2.24, 2.45) is 11.8 Å². The fraction of sp³-hybridized carbons (Fsp3) is 0.938. The smallest absolute Gasteiger partial charge is 0.303 e. The third-order valence-electron chi connectivity index (χ3n) is 4.97. The van der Waals surface area contributed by atoms with Gasteiger partial charge in [0.15, 0.2) is 0 Å². The van der Waals surface area contributed by atoms with E-state index in [4.69, 9.17) is 10.2 Å². The second-order valence-corrected chi connectivity index (χ2v) is 6.77. The van der Waals surface area contributed by atoms with Crippen LogP contribution in [0.4, 0.5) is 0 Å². The lowest BCUT2D eigenvalue weighted by Crippen LogP contribution is -2.50. The molecule has 0 radical (unpaired) electrons. The van der Waals surface area contributed by atoms with E-state index in [1.807, 2.05) is 0 Å². The SMILES string of the molecule is O=C(O)CCC1CC(NCC2CCCC2)CN(CCO)C1. The molecule has 1 aliphatic heterocycles. The fourth-order valence-electron chi connectivity index (χ4n) is 3.86. The van der Waals surface area contributed by atoms with Gasteiger partial charge in [0.1, 0.15) is 0 Å². The number of likely N-dealkylation sites (tertiary alicyclic amines) is 1. The highest BCUT2D eigenvalue weighted by Gasteiger charge is 2.27. The van der Waals surface area contributed by atoms with Crippen LogP contribution in [0.1, 0.15) is 44.9 Å². The van der Waals surface area contributed by atoms with Gasteiger partial charge in [0.25, 0.3) is 0 Å². The van der Waals surface area contributed by atoms with Crippen LogP contribution in [0.3, 0.4) is 0 Å². The predicted molar refractivity (Wildman–Crippen MR) is 82.3 cm³/mol. The summed E-state index contributed by atoms with van der Waals surface area (Å²) in [6, 6.07) is 0.449. The molecule has 1 heterocycles. The van der Waals surface area contributed by atoms with Gasteiger partial charge in [0, 0.05) is 32.1 Å². The first-order valence-corrected chi connectivity index (χ1v) is 8.45. The maximum Gasteiger partial charge on any atom is 0.303 e. The van der Waals surface area contributed by atoms with Gasteiger partial charge in [0.2, 0.25) is 0 Å². The van der Waals surface area contributed by atoms with Crippen molar-refractivity contribution >= 4 is 5.97 Å². The number of aliphatic carboxylic acids is 1. The number of aliphatic hydroxyl groups excluding tert-OH is 1. The van der Waals surface area contributed by atoms with Crippen molar-refractivity contribution in [1.29, 1.82) is 0 Å². The standard InChI is InChI=1S/C16H30N2O3/c19-8-7-18-11-14(5-6-16(20)21)9-15(12-18)17-10-13-3-1-2-4-13/h13-15,17,19H,1-12H2,(H,20,21). The second-order valence-electron chi connectivity index (χ2n) is 6.77. The minimum atomic E-state index is -0.704. The van der Waals surface area contributed by atoms with Crippen molar-refractivity contribution in [2.75, 3.05) is 32.8 Å². The summed E-state index contributed by atoms with van der Waals surface area (Å²) in [6.45, 7) is 3.89. The third-order valence-corrected chi connectivity index (χ3v) is 4.97. The Hall–Kier alpha value is -0.650. The number of β-amino-alcohol motifs (C(OH)–C–C–N with tert-alkyl or cyclic N) is 1. The number of nitrogens with one attached hydrogen (secondary N) is 1. The Morgan fingerprint density at radius 3 is 2.62 bits per heavy atom. The van der Waals surface area contributed by atoms with Gasteiger partial charge >= 0.3 is 5.97 Å². The first-order valence-electron chi connectivity index (χ1n) is 8.45. The van der Waals surface area contributed by atoms with Gasteiger partial charge in [-0.3, -0.25) is 9.69 Å². The van der Waals surface area contributed by atoms with Gasteiger partial charge in [0.05, 0.1) is 6.61 Å². The lowest BCUT2D eigenvalue weighted by molar-refractivity contribution is -0.137. The highest BCUT2D eigenvalue weighted by atomic mass is 16.4. The van der Waals surface area contributed by atoms with Crippen molar-refractivity contribution in [3.05, 3.63) is 0 Å². The quantitative estimate of drug-likeness (QED) is 0.630. The molecule has 0 aromatic rings. The van der Waals surface area contributed by atoms with Crippen LogP contribution in [-0.2, 0) is 4.79 Å². The molecule has 0 aromatic heterocycles. The number of piperidine rings is 1. The molecule has 2 unspecified atom stereocenters. The van der Waals surface area contributed by atoms with Gasteiger partial charge in [-0.2, -0.15) is 0 Å². The molecular formula is C16H30N2O3. The first-order chi connectivity index (χ1) is 10.2. The summed E-state index contributed by atoms with van der Waals surface area (Å²) < 4.78 is 0. The van der Waals surface area contributed by atoms with Crippen molar-refractivity contribution < 1.29 is 15.0 Å². The molecule has 122 valence electrons. The zero-order valence-corrected chi connectivity index (χ0v) is 13.0. The van der Waals surface area contributed by atoms with Gasteiger partial charge < -0.3 is 15.5 Å². The van der Waals surface area contributed by atoms with Gasteiger partial charge in [-0.25, -0.2) is 0 Å².